The van der Waals surface area contributed by atoms with E-state index in [4.69, 9.17) is 9.47 Å². The lowest BCUT2D eigenvalue weighted by atomic mass is 9.71. The summed E-state index contributed by atoms with van der Waals surface area (Å²) in [6, 6.07) is 9.45. The topological polar surface area (TPSA) is 89.9 Å². The summed E-state index contributed by atoms with van der Waals surface area (Å²) in [7, 11) is 0. The van der Waals surface area contributed by atoms with Gasteiger partial charge in [-0.05, 0) is 52.5 Å². The fourth-order valence-electron chi connectivity index (χ4n) is 3.63. The predicted octanol–water partition coefficient (Wildman–Crippen LogP) is 6.42. The van der Waals surface area contributed by atoms with E-state index in [-0.39, 0.29) is 36.9 Å². The number of rotatable bonds is 13. The lowest BCUT2D eigenvalue weighted by Gasteiger charge is -2.43. The Kier molecular flexibility index (Phi) is 10.4. The number of Topliss-reactive ketones (excluding diaryl/α,β-unsaturated/α-hetero) is 2. The fourth-order valence-corrected chi connectivity index (χ4v) is 3.63. The van der Waals surface area contributed by atoms with Gasteiger partial charge in [0.15, 0.2) is 5.78 Å². The Bertz CT molecular complexity index is 855. The number of carbonyl (C=O) groups is 3. The molecular weight excluding hydrogens is 444 g/mol. The standard InChI is InChI=1S/C29H46O6/c1-26(2,3)22(30)18-20(19-23(31)32)16-17-34-29(9,10)28(7,8)25(33)24(35-27(4,5)6)21-14-12-11-13-15-21/h11-15,20,24H,16-19H2,1-10H3,(H,31,32). The highest BCUT2D eigenvalue weighted by Crippen LogP contribution is 2.41. The molecule has 0 heterocycles. The molecule has 1 rings (SSSR count). The zero-order valence-corrected chi connectivity index (χ0v) is 23.4. The maximum atomic E-state index is 13.9. The Balaban J connectivity index is 3.02. The number of ketones is 2. The number of aliphatic carboxylic acids is 1. The monoisotopic (exact) mass is 490 g/mol. The van der Waals surface area contributed by atoms with Crippen molar-refractivity contribution in [2.75, 3.05) is 6.61 Å². The molecule has 0 fully saturated rings. The second-order valence-electron chi connectivity index (χ2n) is 12.5. The van der Waals surface area contributed by atoms with Gasteiger partial charge in [0.2, 0.25) is 0 Å². The highest BCUT2D eigenvalue weighted by atomic mass is 16.5. The van der Waals surface area contributed by atoms with Crippen molar-refractivity contribution in [3.8, 4) is 0 Å². The van der Waals surface area contributed by atoms with Crippen molar-refractivity contribution in [1.29, 1.82) is 0 Å². The van der Waals surface area contributed by atoms with Crippen molar-refractivity contribution in [3.63, 3.8) is 0 Å². The fraction of sp³-hybridized carbons (Fsp3) is 0.690. The summed E-state index contributed by atoms with van der Waals surface area (Å²) in [6.45, 7) is 19.0. The minimum absolute atomic E-state index is 0.0311. The summed E-state index contributed by atoms with van der Waals surface area (Å²) in [6.07, 6.45) is -0.234. The maximum absolute atomic E-state index is 13.9. The Hall–Kier alpha value is -2.05. The predicted molar refractivity (Wildman–Crippen MR) is 138 cm³/mol. The van der Waals surface area contributed by atoms with Gasteiger partial charge < -0.3 is 14.6 Å². The minimum atomic E-state index is -0.934. The van der Waals surface area contributed by atoms with E-state index in [0.717, 1.165) is 5.56 Å². The molecule has 0 bridgehead atoms. The molecule has 6 nitrogen and oxygen atoms in total. The first-order chi connectivity index (χ1) is 15.8. The Morgan fingerprint density at radius 2 is 1.40 bits per heavy atom. The second-order valence-corrected chi connectivity index (χ2v) is 12.5. The van der Waals surface area contributed by atoms with Crippen LogP contribution in [0.4, 0.5) is 0 Å². The summed E-state index contributed by atoms with van der Waals surface area (Å²) in [5.41, 5.74) is -2.03. The highest BCUT2D eigenvalue weighted by Gasteiger charge is 2.48. The van der Waals surface area contributed by atoms with Gasteiger partial charge in [0.1, 0.15) is 11.9 Å². The molecule has 0 aromatic heterocycles. The molecule has 0 saturated heterocycles. The number of carboxylic acids is 1. The van der Waals surface area contributed by atoms with Gasteiger partial charge >= 0.3 is 5.97 Å². The van der Waals surface area contributed by atoms with E-state index in [9.17, 15) is 19.5 Å². The molecule has 0 spiro atoms. The zero-order valence-electron chi connectivity index (χ0n) is 23.4. The minimum Gasteiger partial charge on any atom is -0.481 e. The van der Waals surface area contributed by atoms with Crippen molar-refractivity contribution < 1.29 is 29.0 Å². The molecule has 0 aliphatic rings. The molecular formula is C29H46O6. The Morgan fingerprint density at radius 1 is 0.857 bits per heavy atom. The maximum Gasteiger partial charge on any atom is 0.303 e. The van der Waals surface area contributed by atoms with E-state index in [1.54, 1.807) is 0 Å². The highest BCUT2D eigenvalue weighted by molar-refractivity contribution is 5.90. The van der Waals surface area contributed by atoms with Crippen molar-refractivity contribution in [1.82, 2.24) is 0 Å². The molecule has 0 radical (unpaired) electrons. The molecule has 0 aliphatic carbocycles. The van der Waals surface area contributed by atoms with E-state index in [2.05, 4.69) is 0 Å². The number of hydrogen-bond acceptors (Lipinski definition) is 5. The van der Waals surface area contributed by atoms with Crippen molar-refractivity contribution >= 4 is 17.5 Å². The van der Waals surface area contributed by atoms with Crippen LogP contribution in [0.15, 0.2) is 30.3 Å². The van der Waals surface area contributed by atoms with Crippen LogP contribution in [0.2, 0.25) is 0 Å². The summed E-state index contributed by atoms with van der Waals surface area (Å²) in [5, 5.41) is 9.31. The first-order valence-electron chi connectivity index (χ1n) is 12.4. The molecule has 0 saturated carbocycles. The van der Waals surface area contributed by atoms with E-state index >= 15 is 0 Å². The van der Waals surface area contributed by atoms with Crippen molar-refractivity contribution in [2.45, 2.75) is 106 Å². The number of ether oxygens (including phenoxy) is 2. The van der Waals surface area contributed by atoms with Crippen LogP contribution in [-0.2, 0) is 23.9 Å². The van der Waals surface area contributed by atoms with E-state index < -0.39 is 34.1 Å². The lowest BCUT2D eigenvalue weighted by molar-refractivity contribution is -0.169. The van der Waals surface area contributed by atoms with Crippen LogP contribution in [0.5, 0.6) is 0 Å². The first kappa shape index (κ1) is 31.0. The normalized spacial score (nSPS) is 14.9. The Labute approximate surface area is 211 Å². The molecule has 6 heteroatoms. The van der Waals surface area contributed by atoms with Crippen LogP contribution < -0.4 is 0 Å². The van der Waals surface area contributed by atoms with Gasteiger partial charge in [-0.3, -0.25) is 14.4 Å². The van der Waals surface area contributed by atoms with Crippen molar-refractivity contribution in [2.24, 2.45) is 16.7 Å². The van der Waals surface area contributed by atoms with Gasteiger partial charge in [-0.1, -0.05) is 65.0 Å². The van der Waals surface area contributed by atoms with Gasteiger partial charge in [0, 0.05) is 24.9 Å². The second kappa shape index (κ2) is 11.8. The third-order valence-corrected chi connectivity index (χ3v) is 6.70. The quantitative estimate of drug-likeness (QED) is 0.343. The van der Waals surface area contributed by atoms with E-state index in [1.165, 1.54) is 0 Å². The molecule has 1 aromatic carbocycles. The van der Waals surface area contributed by atoms with Gasteiger partial charge in [-0.2, -0.15) is 0 Å². The number of hydrogen-bond donors (Lipinski definition) is 1. The average Bonchev–Trinajstić information content (AvgIpc) is 2.70. The zero-order chi connectivity index (χ0) is 27.2. The average molecular weight is 491 g/mol. The molecule has 2 unspecified atom stereocenters. The molecule has 2 atom stereocenters. The molecule has 35 heavy (non-hydrogen) atoms. The van der Waals surface area contributed by atoms with Crippen LogP contribution in [0, 0.1) is 16.7 Å². The SMILES string of the molecule is CC(C)(C)OC(C(=O)C(C)(C)C(C)(C)OCCC(CC(=O)O)CC(=O)C(C)(C)C)c1ccccc1. The summed E-state index contributed by atoms with van der Waals surface area (Å²) < 4.78 is 12.5. The molecule has 0 amide bonds. The smallest absolute Gasteiger partial charge is 0.303 e. The van der Waals surface area contributed by atoms with E-state index in [0.29, 0.717) is 6.42 Å². The summed E-state index contributed by atoms with van der Waals surface area (Å²) >= 11 is 0. The van der Waals surface area contributed by atoms with Crippen LogP contribution >= 0.6 is 0 Å². The van der Waals surface area contributed by atoms with Crippen LogP contribution in [0.1, 0.15) is 100 Å². The van der Waals surface area contributed by atoms with Crippen LogP contribution in [0.3, 0.4) is 0 Å². The van der Waals surface area contributed by atoms with Gasteiger partial charge in [-0.15, -0.1) is 0 Å². The lowest BCUT2D eigenvalue weighted by Crippen LogP contribution is -2.50. The number of carbonyl (C=O) groups excluding carboxylic acids is 2. The molecule has 0 aliphatic heterocycles. The largest absolute Gasteiger partial charge is 0.481 e. The summed E-state index contributed by atoms with van der Waals surface area (Å²) in [4.78, 5) is 37.7. The molecule has 1 N–H and O–H groups in total. The van der Waals surface area contributed by atoms with E-state index in [1.807, 2.05) is 99.6 Å². The first-order valence-corrected chi connectivity index (χ1v) is 12.4. The van der Waals surface area contributed by atoms with Gasteiger partial charge in [-0.25, -0.2) is 0 Å². The molecule has 198 valence electrons. The third-order valence-electron chi connectivity index (χ3n) is 6.70. The molecule has 1 aromatic rings. The van der Waals surface area contributed by atoms with Crippen LogP contribution in [-0.4, -0.2) is 40.5 Å². The van der Waals surface area contributed by atoms with Gasteiger partial charge in [0.25, 0.3) is 0 Å². The Morgan fingerprint density at radius 3 is 1.86 bits per heavy atom. The van der Waals surface area contributed by atoms with Gasteiger partial charge in [0.05, 0.1) is 16.6 Å². The third kappa shape index (κ3) is 9.49. The van der Waals surface area contributed by atoms with Crippen molar-refractivity contribution in [3.05, 3.63) is 35.9 Å². The van der Waals surface area contributed by atoms with Crippen LogP contribution in [0.25, 0.3) is 0 Å². The summed E-state index contributed by atoms with van der Waals surface area (Å²) in [5.74, 6) is -1.32. The number of benzene rings is 1. The number of carboxylic acid groups (broad SMARTS) is 1.